The van der Waals surface area contributed by atoms with Crippen molar-refractivity contribution in [3.63, 3.8) is 0 Å². The zero-order valence-electron chi connectivity index (χ0n) is 14.6. The van der Waals surface area contributed by atoms with Crippen molar-refractivity contribution in [2.24, 2.45) is 7.05 Å². The molecule has 3 rings (SSSR count). The summed E-state index contributed by atoms with van der Waals surface area (Å²) in [5, 5.41) is 2.94. The van der Waals surface area contributed by atoms with Crippen molar-refractivity contribution < 1.29 is 4.79 Å². The fourth-order valence-corrected chi connectivity index (χ4v) is 3.21. The minimum atomic E-state index is 0.0316. The van der Waals surface area contributed by atoms with Crippen LogP contribution in [0.25, 0.3) is 0 Å². The maximum atomic E-state index is 12.2. The molecule has 0 bridgehead atoms. The molecule has 1 N–H and O–H groups in total. The lowest BCUT2D eigenvalue weighted by molar-refractivity contribution is -0.122. The van der Waals surface area contributed by atoms with Gasteiger partial charge in [0.2, 0.25) is 5.91 Å². The number of nitrogens with one attached hydrogen (secondary N) is 1. The van der Waals surface area contributed by atoms with Crippen LogP contribution in [0.4, 0.5) is 0 Å². The number of nitrogens with zero attached hydrogens (tertiary/aromatic N) is 4. The summed E-state index contributed by atoms with van der Waals surface area (Å²) in [5.41, 5.74) is 3.30. The SMILES string of the molecule is CC(C)c1nc2c(n1C)CCN(CC(=O)NCc1ccccn1)C2. The Morgan fingerprint density at radius 2 is 2.21 bits per heavy atom. The van der Waals surface area contributed by atoms with Crippen LogP contribution < -0.4 is 5.32 Å². The first-order valence-corrected chi connectivity index (χ1v) is 8.48. The maximum Gasteiger partial charge on any atom is 0.234 e. The Balaban J connectivity index is 1.56. The van der Waals surface area contributed by atoms with Crippen LogP contribution in [0.5, 0.6) is 0 Å². The molecule has 1 aliphatic heterocycles. The van der Waals surface area contributed by atoms with E-state index >= 15 is 0 Å². The van der Waals surface area contributed by atoms with Gasteiger partial charge in [0.05, 0.1) is 24.5 Å². The number of hydrogen-bond acceptors (Lipinski definition) is 4. The molecule has 0 saturated carbocycles. The smallest absolute Gasteiger partial charge is 0.234 e. The fourth-order valence-electron chi connectivity index (χ4n) is 3.21. The molecule has 0 aliphatic carbocycles. The predicted molar refractivity (Wildman–Crippen MR) is 92.4 cm³/mol. The van der Waals surface area contributed by atoms with Crippen molar-refractivity contribution >= 4 is 5.91 Å². The third-order valence-corrected chi connectivity index (χ3v) is 4.45. The quantitative estimate of drug-likeness (QED) is 0.906. The number of hydrogen-bond donors (Lipinski definition) is 1. The van der Waals surface area contributed by atoms with Gasteiger partial charge in [0.1, 0.15) is 5.82 Å². The summed E-state index contributed by atoms with van der Waals surface area (Å²) < 4.78 is 2.22. The van der Waals surface area contributed by atoms with Crippen LogP contribution in [-0.4, -0.2) is 38.4 Å². The lowest BCUT2D eigenvalue weighted by Gasteiger charge is -2.25. The van der Waals surface area contributed by atoms with Gasteiger partial charge in [-0.3, -0.25) is 14.7 Å². The molecule has 2 aromatic rings. The van der Waals surface area contributed by atoms with Crippen LogP contribution in [0.15, 0.2) is 24.4 Å². The molecule has 6 nitrogen and oxygen atoms in total. The Labute approximate surface area is 142 Å². The van der Waals surface area contributed by atoms with Crippen molar-refractivity contribution in [1.29, 1.82) is 0 Å². The fraction of sp³-hybridized carbons (Fsp3) is 0.500. The maximum absolute atomic E-state index is 12.2. The normalized spacial score (nSPS) is 14.7. The van der Waals surface area contributed by atoms with E-state index in [4.69, 9.17) is 4.98 Å². The van der Waals surface area contributed by atoms with Crippen LogP contribution in [0.1, 0.15) is 42.7 Å². The van der Waals surface area contributed by atoms with E-state index in [0.29, 0.717) is 19.0 Å². The van der Waals surface area contributed by atoms with Crippen molar-refractivity contribution in [3.8, 4) is 0 Å². The van der Waals surface area contributed by atoms with Crippen molar-refractivity contribution in [2.75, 3.05) is 13.1 Å². The molecule has 0 saturated heterocycles. The topological polar surface area (TPSA) is 63.1 Å². The molecule has 0 atom stereocenters. The van der Waals surface area contributed by atoms with E-state index in [1.807, 2.05) is 18.2 Å². The number of fused-ring (bicyclic) bond motifs is 1. The van der Waals surface area contributed by atoms with Gasteiger partial charge in [-0.1, -0.05) is 19.9 Å². The summed E-state index contributed by atoms with van der Waals surface area (Å²) in [7, 11) is 2.09. The molecule has 1 aliphatic rings. The molecule has 0 unspecified atom stereocenters. The molecule has 24 heavy (non-hydrogen) atoms. The number of imidazole rings is 1. The molecule has 0 radical (unpaired) electrons. The second-order valence-corrected chi connectivity index (χ2v) is 6.64. The summed E-state index contributed by atoms with van der Waals surface area (Å²) in [6.45, 7) is 6.83. The molecule has 6 heteroatoms. The van der Waals surface area contributed by atoms with E-state index in [1.165, 1.54) is 5.69 Å². The van der Waals surface area contributed by atoms with E-state index in [1.54, 1.807) is 6.20 Å². The van der Waals surface area contributed by atoms with E-state index in [-0.39, 0.29) is 5.91 Å². The highest BCUT2D eigenvalue weighted by Gasteiger charge is 2.24. The molecule has 128 valence electrons. The first kappa shape index (κ1) is 16.6. The zero-order valence-corrected chi connectivity index (χ0v) is 14.6. The summed E-state index contributed by atoms with van der Waals surface area (Å²) >= 11 is 0. The highest BCUT2D eigenvalue weighted by atomic mass is 16.2. The third kappa shape index (κ3) is 3.64. The first-order chi connectivity index (χ1) is 11.5. The number of amides is 1. The number of pyridine rings is 1. The molecule has 2 aromatic heterocycles. The predicted octanol–water partition coefficient (Wildman–Crippen LogP) is 1.61. The van der Waals surface area contributed by atoms with E-state index in [2.05, 4.69) is 40.7 Å². The lowest BCUT2D eigenvalue weighted by atomic mass is 10.1. The highest BCUT2D eigenvalue weighted by molar-refractivity contribution is 5.78. The number of rotatable bonds is 5. The van der Waals surface area contributed by atoms with Gasteiger partial charge in [-0.2, -0.15) is 0 Å². The van der Waals surface area contributed by atoms with Gasteiger partial charge in [-0.05, 0) is 12.1 Å². The average molecular weight is 327 g/mol. The minimum Gasteiger partial charge on any atom is -0.349 e. The van der Waals surface area contributed by atoms with Gasteiger partial charge in [-0.25, -0.2) is 4.98 Å². The monoisotopic (exact) mass is 327 g/mol. The largest absolute Gasteiger partial charge is 0.349 e. The van der Waals surface area contributed by atoms with E-state index in [0.717, 1.165) is 36.7 Å². The van der Waals surface area contributed by atoms with Gasteiger partial charge < -0.3 is 9.88 Å². The Bertz CT molecular complexity index is 708. The summed E-state index contributed by atoms with van der Waals surface area (Å²) in [5.74, 6) is 1.57. The molecular weight excluding hydrogens is 302 g/mol. The number of carbonyl (C=O) groups is 1. The van der Waals surface area contributed by atoms with Gasteiger partial charge in [0, 0.05) is 44.4 Å². The van der Waals surface area contributed by atoms with Crippen LogP contribution in [-0.2, 0) is 31.4 Å². The average Bonchev–Trinajstić information content (AvgIpc) is 2.90. The molecule has 0 fully saturated rings. The molecule has 0 spiro atoms. The molecule has 1 amide bonds. The first-order valence-electron chi connectivity index (χ1n) is 8.48. The van der Waals surface area contributed by atoms with Crippen LogP contribution >= 0.6 is 0 Å². The molecule has 0 aromatic carbocycles. The van der Waals surface area contributed by atoms with Crippen molar-refractivity contribution in [3.05, 3.63) is 47.3 Å². The van der Waals surface area contributed by atoms with E-state index < -0.39 is 0 Å². The standard InChI is InChI=1S/C18H25N5O/c1-13(2)18-21-15-11-23(9-7-16(15)22(18)3)12-17(24)20-10-14-6-4-5-8-19-14/h4-6,8,13H,7,9-12H2,1-3H3,(H,20,24). The van der Waals surface area contributed by atoms with Crippen molar-refractivity contribution in [2.45, 2.75) is 39.3 Å². The highest BCUT2D eigenvalue weighted by Crippen LogP contribution is 2.22. The lowest BCUT2D eigenvalue weighted by Crippen LogP contribution is -2.40. The summed E-state index contributed by atoms with van der Waals surface area (Å²) in [6.07, 6.45) is 2.68. The van der Waals surface area contributed by atoms with Gasteiger partial charge >= 0.3 is 0 Å². The Hall–Kier alpha value is -2.21. The summed E-state index contributed by atoms with van der Waals surface area (Å²) in [4.78, 5) is 23.3. The van der Waals surface area contributed by atoms with Crippen LogP contribution in [0.3, 0.4) is 0 Å². The van der Waals surface area contributed by atoms with Crippen LogP contribution in [0, 0.1) is 0 Å². The van der Waals surface area contributed by atoms with Gasteiger partial charge in [0.15, 0.2) is 0 Å². The Kier molecular flexibility index (Phi) is 4.94. The minimum absolute atomic E-state index is 0.0316. The van der Waals surface area contributed by atoms with Crippen molar-refractivity contribution in [1.82, 2.24) is 24.8 Å². The summed E-state index contributed by atoms with van der Waals surface area (Å²) in [6, 6.07) is 5.71. The molecule has 3 heterocycles. The molecular formula is C18H25N5O. The Morgan fingerprint density at radius 1 is 1.38 bits per heavy atom. The second kappa shape index (κ2) is 7.13. The Morgan fingerprint density at radius 3 is 2.92 bits per heavy atom. The van der Waals surface area contributed by atoms with E-state index in [9.17, 15) is 4.79 Å². The second-order valence-electron chi connectivity index (χ2n) is 6.64. The number of carbonyl (C=O) groups excluding carboxylic acids is 1. The van der Waals surface area contributed by atoms with Crippen LogP contribution in [0.2, 0.25) is 0 Å². The van der Waals surface area contributed by atoms with Gasteiger partial charge in [-0.15, -0.1) is 0 Å². The third-order valence-electron chi connectivity index (χ3n) is 4.45. The van der Waals surface area contributed by atoms with Gasteiger partial charge in [0.25, 0.3) is 0 Å². The number of aromatic nitrogens is 3. The zero-order chi connectivity index (χ0) is 17.1.